The van der Waals surface area contributed by atoms with Crippen LogP contribution in [0.5, 0.6) is 5.75 Å². The maximum atomic E-state index is 12.1. The minimum absolute atomic E-state index is 0.183. The van der Waals surface area contributed by atoms with Crippen molar-refractivity contribution in [3.8, 4) is 5.75 Å². The Hall–Kier alpha value is -2.18. The summed E-state index contributed by atoms with van der Waals surface area (Å²) in [6, 6.07) is 8.37. The number of nitrogens with one attached hydrogen (secondary N) is 2. The van der Waals surface area contributed by atoms with Gasteiger partial charge in [-0.15, -0.1) is 0 Å². The molecule has 0 aliphatic carbocycles. The molecule has 7 heteroatoms. The molecule has 0 aliphatic heterocycles. The van der Waals surface area contributed by atoms with Crippen LogP contribution in [0.1, 0.15) is 17.3 Å². The number of benzene rings is 1. The van der Waals surface area contributed by atoms with E-state index in [9.17, 15) is 4.79 Å². The Labute approximate surface area is 138 Å². The third-order valence-corrected chi connectivity index (χ3v) is 3.14. The number of rotatable bonds is 4. The second kappa shape index (κ2) is 7.72. The first-order valence-electron chi connectivity index (χ1n) is 6.55. The van der Waals surface area contributed by atoms with Gasteiger partial charge in [-0.05, 0) is 49.5 Å². The third-order valence-electron chi connectivity index (χ3n) is 2.64. The lowest BCUT2D eigenvalue weighted by atomic mass is 10.2. The van der Waals surface area contributed by atoms with Gasteiger partial charge in [-0.3, -0.25) is 15.1 Å². The van der Waals surface area contributed by atoms with Gasteiger partial charge in [0.25, 0.3) is 5.91 Å². The first kappa shape index (κ1) is 16.2. The maximum absolute atomic E-state index is 12.1. The van der Waals surface area contributed by atoms with Gasteiger partial charge in [-0.1, -0.05) is 11.6 Å². The quantitative estimate of drug-likeness (QED) is 0.840. The Kier molecular flexibility index (Phi) is 5.68. The molecule has 2 N–H and O–H groups in total. The molecule has 0 unspecified atom stereocenters. The molecule has 0 atom stereocenters. The van der Waals surface area contributed by atoms with E-state index in [2.05, 4.69) is 15.6 Å². The van der Waals surface area contributed by atoms with E-state index in [0.717, 1.165) is 0 Å². The Bertz CT molecular complexity index is 680. The Morgan fingerprint density at radius 1 is 1.41 bits per heavy atom. The van der Waals surface area contributed by atoms with E-state index >= 15 is 0 Å². The molecule has 2 rings (SSSR count). The number of hydrogen-bond donors (Lipinski definition) is 2. The zero-order valence-electron chi connectivity index (χ0n) is 11.8. The van der Waals surface area contributed by atoms with Crippen LogP contribution in [0.3, 0.4) is 0 Å². The van der Waals surface area contributed by atoms with Crippen molar-refractivity contribution in [3.63, 3.8) is 0 Å². The zero-order chi connectivity index (χ0) is 15.9. The number of halogens is 1. The number of nitrogens with zero attached hydrogens (tertiary/aromatic N) is 1. The van der Waals surface area contributed by atoms with Crippen molar-refractivity contribution < 1.29 is 9.53 Å². The van der Waals surface area contributed by atoms with Gasteiger partial charge in [0, 0.05) is 11.8 Å². The van der Waals surface area contributed by atoms with Gasteiger partial charge in [0.05, 0.1) is 23.5 Å². The van der Waals surface area contributed by atoms with E-state index in [-0.39, 0.29) is 11.0 Å². The van der Waals surface area contributed by atoms with Gasteiger partial charge in [-0.2, -0.15) is 0 Å². The van der Waals surface area contributed by atoms with E-state index < -0.39 is 0 Å². The van der Waals surface area contributed by atoms with Crippen LogP contribution < -0.4 is 15.4 Å². The van der Waals surface area contributed by atoms with Gasteiger partial charge in [0.15, 0.2) is 5.11 Å². The van der Waals surface area contributed by atoms with Gasteiger partial charge in [0.1, 0.15) is 5.75 Å². The topological polar surface area (TPSA) is 63.2 Å². The monoisotopic (exact) mass is 335 g/mol. The molecule has 1 amide bonds. The molecule has 1 aromatic heterocycles. The molecule has 0 fully saturated rings. The zero-order valence-corrected chi connectivity index (χ0v) is 13.4. The van der Waals surface area contributed by atoms with Crippen LogP contribution in [-0.2, 0) is 0 Å². The smallest absolute Gasteiger partial charge is 0.257 e. The highest BCUT2D eigenvalue weighted by molar-refractivity contribution is 7.80. The summed E-state index contributed by atoms with van der Waals surface area (Å²) < 4.78 is 5.32. The molecule has 1 heterocycles. The fourth-order valence-electron chi connectivity index (χ4n) is 1.69. The molecule has 0 radical (unpaired) electrons. The van der Waals surface area contributed by atoms with Crippen LogP contribution >= 0.6 is 23.8 Å². The molecule has 1 aromatic carbocycles. The molecule has 114 valence electrons. The maximum Gasteiger partial charge on any atom is 0.257 e. The Morgan fingerprint density at radius 2 is 2.23 bits per heavy atom. The second-order valence-electron chi connectivity index (χ2n) is 4.23. The first-order chi connectivity index (χ1) is 10.6. The normalized spacial score (nSPS) is 9.91. The second-order valence-corrected chi connectivity index (χ2v) is 5.04. The summed E-state index contributed by atoms with van der Waals surface area (Å²) in [7, 11) is 0. The average Bonchev–Trinajstić information content (AvgIpc) is 2.50. The predicted octanol–water partition coefficient (Wildman–Crippen LogP) is 3.26. The summed E-state index contributed by atoms with van der Waals surface area (Å²) in [5.41, 5.74) is 1.08. The lowest BCUT2D eigenvalue weighted by Gasteiger charge is -2.10. The molecule has 0 saturated carbocycles. The number of amides is 1. The summed E-state index contributed by atoms with van der Waals surface area (Å²) in [6.45, 7) is 2.36. The van der Waals surface area contributed by atoms with E-state index in [0.29, 0.717) is 28.6 Å². The molecule has 2 aromatic rings. The number of aromatic nitrogens is 1. The highest BCUT2D eigenvalue weighted by atomic mass is 35.5. The average molecular weight is 336 g/mol. The molecule has 0 bridgehead atoms. The number of hydrogen-bond acceptors (Lipinski definition) is 4. The SMILES string of the molecule is CCOc1ccc(C(=O)NC(=S)Nc2cccnc2)cc1Cl. The third kappa shape index (κ3) is 4.41. The van der Waals surface area contributed by atoms with Crippen molar-refractivity contribution in [2.75, 3.05) is 11.9 Å². The summed E-state index contributed by atoms with van der Waals surface area (Å²) >= 11 is 11.1. The van der Waals surface area contributed by atoms with Crippen LogP contribution in [0.15, 0.2) is 42.7 Å². The van der Waals surface area contributed by atoms with Gasteiger partial charge < -0.3 is 10.1 Å². The summed E-state index contributed by atoms with van der Waals surface area (Å²) in [6.07, 6.45) is 3.25. The van der Waals surface area contributed by atoms with Crippen molar-refractivity contribution >= 4 is 40.5 Å². The van der Waals surface area contributed by atoms with Crippen molar-refractivity contribution in [2.24, 2.45) is 0 Å². The van der Waals surface area contributed by atoms with Crippen LogP contribution in [0.25, 0.3) is 0 Å². The number of ether oxygens (including phenoxy) is 1. The molecule has 5 nitrogen and oxygen atoms in total. The fourth-order valence-corrected chi connectivity index (χ4v) is 2.13. The minimum Gasteiger partial charge on any atom is -0.492 e. The molecular weight excluding hydrogens is 322 g/mol. The highest BCUT2D eigenvalue weighted by Gasteiger charge is 2.11. The molecule has 0 saturated heterocycles. The van der Waals surface area contributed by atoms with E-state index in [1.54, 1.807) is 36.7 Å². The van der Waals surface area contributed by atoms with Gasteiger partial charge in [0.2, 0.25) is 0 Å². The van der Waals surface area contributed by atoms with Gasteiger partial charge >= 0.3 is 0 Å². The highest BCUT2D eigenvalue weighted by Crippen LogP contribution is 2.25. The Morgan fingerprint density at radius 3 is 2.86 bits per heavy atom. The summed E-state index contributed by atoms with van der Waals surface area (Å²) in [5.74, 6) is 0.183. The lowest BCUT2D eigenvalue weighted by Crippen LogP contribution is -2.34. The van der Waals surface area contributed by atoms with E-state index in [1.807, 2.05) is 6.92 Å². The first-order valence-corrected chi connectivity index (χ1v) is 7.33. The predicted molar refractivity (Wildman–Crippen MR) is 90.5 cm³/mol. The standard InChI is InChI=1S/C15H14ClN3O2S/c1-2-21-13-6-5-10(8-12(13)16)14(20)19-15(22)18-11-4-3-7-17-9-11/h3-9H,2H2,1H3,(H2,18,19,20,22). The number of thiocarbonyl (C=S) groups is 1. The van der Waals surface area contributed by atoms with Crippen molar-refractivity contribution in [1.82, 2.24) is 10.3 Å². The van der Waals surface area contributed by atoms with Crippen LogP contribution in [0.2, 0.25) is 5.02 Å². The molecule has 0 aliphatic rings. The van der Waals surface area contributed by atoms with E-state index in [1.165, 1.54) is 6.07 Å². The van der Waals surface area contributed by atoms with Crippen LogP contribution in [0.4, 0.5) is 5.69 Å². The number of anilines is 1. The molecule has 0 spiro atoms. The number of pyridine rings is 1. The van der Waals surface area contributed by atoms with Crippen molar-refractivity contribution in [3.05, 3.63) is 53.3 Å². The fraction of sp³-hybridized carbons (Fsp3) is 0.133. The number of carbonyl (C=O) groups is 1. The minimum atomic E-state index is -0.355. The van der Waals surface area contributed by atoms with Gasteiger partial charge in [-0.25, -0.2) is 0 Å². The van der Waals surface area contributed by atoms with E-state index in [4.69, 9.17) is 28.6 Å². The lowest BCUT2D eigenvalue weighted by molar-refractivity contribution is 0.0977. The Balaban J connectivity index is 2.00. The molecular formula is C15H14ClN3O2S. The summed E-state index contributed by atoms with van der Waals surface area (Å²) in [4.78, 5) is 16.1. The van der Waals surface area contributed by atoms with Crippen molar-refractivity contribution in [1.29, 1.82) is 0 Å². The summed E-state index contributed by atoms with van der Waals surface area (Å²) in [5, 5.41) is 6.00. The van der Waals surface area contributed by atoms with Crippen LogP contribution in [0, 0.1) is 0 Å². The number of carbonyl (C=O) groups excluding carboxylic acids is 1. The van der Waals surface area contributed by atoms with Crippen LogP contribution in [-0.4, -0.2) is 22.6 Å². The largest absolute Gasteiger partial charge is 0.492 e. The molecule has 22 heavy (non-hydrogen) atoms. The van der Waals surface area contributed by atoms with Crippen molar-refractivity contribution in [2.45, 2.75) is 6.92 Å².